The van der Waals surface area contributed by atoms with Crippen LogP contribution < -0.4 is 0 Å². The van der Waals surface area contributed by atoms with Crippen LogP contribution in [0, 0.1) is 34.0 Å². The van der Waals surface area contributed by atoms with Crippen molar-refractivity contribution in [3.8, 4) is 0 Å². The van der Waals surface area contributed by atoms with Crippen LogP contribution in [0.1, 0.15) is 74.9 Å². The topological polar surface area (TPSA) is 63.6 Å². The van der Waals surface area contributed by atoms with Crippen molar-refractivity contribution in [3.05, 3.63) is 34.5 Å². The van der Waals surface area contributed by atoms with E-state index in [-0.39, 0.29) is 40.3 Å². The number of esters is 1. The van der Waals surface area contributed by atoms with Gasteiger partial charge in [-0.3, -0.25) is 4.79 Å². The first-order valence-electron chi connectivity index (χ1n) is 11.9. The maximum atomic E-state index is 13.5. The fraction of sp³-hybridized carbons (Fsp3) is 0.692. The molecule has 5 fully saturated rings. The van der Waals surface area contributed by atoms with Crippen LogP contribution >= 0.6 is 11.3 Å². The fourth-order valence-electron chi connectivity index (χ4n) is 8.34. The van der Waals surface area contributed by atoms with Gasteiger partial charge in [0, 0.05) is 5.41 Å². The second-order valence-corrected chi connectivity index (χ2v) is 11.8. The van der Waals surface area contributed by atoms with Crippen molar-refractivity contribution in [2.24, 2.45) is 34.0 Å². The minimum Gasteiger partial charge on any atom is -0.461 e. The van der Waals surface area contributed by atoms with Gasteiger partial charge in [-0.2, -0.15) is 0 Å². The first-order chi connectivity index (χ1) is 14.8. The van der Waals surface area contributed by atoms with Gasteiger partial charge in [0.2, 0.25) is 0 Å². The third kappa shape index (κ3) is 2.81. The number of carbonyl (C=O) groups excluding carboxylic acids is 2. The van der Waals surface area contributed by atoms with Crippen LogP contribution in [0.25, 0.3) is 0 Å². The molecule has 2 bridgehead atoms. The molecule has 1 aromatic rings. The molecule has 3 unspecified atom stereocenters. The number of aliphatic hydroxyl groups excluding tert-OH is 1. The van der Waals surface area contributed by atoms with Gasteiger partial charge in [0.05, 0.1) is 18.1 Å². The zero-order valence-corrected chi connectivity index (χ0v) is 19.5. The minimum absolute atomic E-state index is 0.0244. The van der Waals surface area contributed by atoms with Crippen molar-refractivity contribution in [1.82, 2.24) is 0 Å². The van der Waals surface area contributed by atoms with Gasteiger partial charge in [-0.1, -0.05) is 32.9 Å². The Morgan fingerprint density at radius 1 is 1.29 bits per heavy atom. The first-order valence-corrected chi connectivity index (χ1v) is 12.8. The molecule has 5 aliphatic carbocycles. The molecule has 1 spiro atoms. The monoisotopic (exact) mass is 442 g/mol. The van der Waals surface area contributed by atoms with E-state index in [9.17, 15) is 14.7 Å². The van der Waals surface area contributed by atoms with Gasteiger partial charge in [-0.25, -0.2) is 4.79 Å². The molecule has 4 nitrogen and oxygen atoms in total. The van der Waals surface area contributed by atoms with Crippen molar-refractivity contribution in [2.45, 2.75) is 71.3 Å². The normalized spacial score (nSPS) is 44.0. The van der Waals surface area contributed by atoms with E-state index in [2.05, 4.69) is 20.4 Å². The molecule has 168 valence electrons. The van der Waals surface area contributed by atoms with Crippen LogP contribution in [0.15, 0.2) is 29.7 Å². The summed E-state index contributed by atoms with van der Waals surface area (Å²) >= 11 is 1.41. The van der Waals surface area contributed by atoms with Crippen molar-refractivity contribution < 1.29 is 19.4 Å². The van der Waals surface area contributed by atoms with Crippen LogP contribution in [0.2, 0.25) is 0 Å². The molecule has 5 saturated carbocycles. The number of rotatable bonds is 4. The van der Waals surface area contributed by atoms with Crippen LogP contribution in [-0.4, -0.2) is 29.6 Å². The Hall–Kier alpha value is -1.46. The highest BCUT2D eigenvalue weighted by Crippen LogP contribution is 2.72. The van der Waals surface area contributed by atoms with Gasteiger partial charge in [-0.05, 0) is 85.1 Å². The lowest BCUT2D eigenvalue weighted by atomic mass is 9.35. The third-order valence-electron chi connectivity index (χ3n) is 9.84. The van der Waals surface area contributed by atoms with Crippen LogP contribution in [0.5, 0.6) is 0 Å². The number of allylic oxidation sites excluding steroid dienone is 1. The van der Waals surface area contributed by atoms with Gasteiger partial charge < -0.3 is 9.84 Å². The molecule has 0 amide bonds. The Morgan fingerprint density at radius 2 is 2.10 bits per heavy atom. The van der Waals surface area contributed by atoms with E-state index in [1.54, 1.807) is 6.07 Å². The van der Waals surface area contributed by atoms with Crippen molar-refractivity contribution >= 4 is 23.1 Å². The molecular formula is C26H34O4S. The van der Waals surface area contributed by atoms with Gasteiger partial charge in [0.1, 0.15) is 4.88 Å². The number of carbonyl (C=O) groups is 2. The summed E-state index contributed by atoms with van der Waals surface area (Å²) in [6, 6.07) is 3.67. The number of ketones is 1. The standard InChI is InChI=1S/C26H34O4S/c1-4-25-10-6-9-24(3,15-30-23(29)18-7-5-12-31-18)19(25)14-21(27)26-11-8-17(13-20(25)26)16(2)22(26)28/h5,7,12,17,19-21,27H,2,4,6,8-11,13-15H2,1,3H3/t17-,19?,20?,21+,24-,25+,26?/m0/s1. The summed E-state index contributed by atoms with van der Waals surface area (Å²) in [5.41, 5.74) is -0.0313. The van der Waals surface area contributed by atoms with Crippen LogP contribution in [0.4, 0.5) is 0 Å². The average Bonchev–Trinajstić information content (AvgIpc) is 3.31. The molecule has 1 aromatic heterocycles. The van der Waals surface area contributed by atoms with Crippen molar-refractivity contribution in [1.29, 1.82) is 0 Å². The first kappa shape index (κ1) is 21.4. The maximum Gasteiger partial charge on any atom is 0.348 e. The number of thiophene rings is 1. The van der Waals surface area contributed by atoms with E-state index < -0.39 is 11.5 Å². The van der Waals surface area contributed by atoms with E-state index >= 15 is 0 Å². The average molecular weight is 443 g/mol. The zero-order chi connectivity index (χ0) is 22.0. The highest BCUT2D eigenvalue weighted by Gasteiger charge is 2.70. The molecule has 6 rings (SSSR count). The van der Waals surface area contributed by atoms with E-state index in [1.807, 2.05) is 11.4 Å². The number of ether oxygens (including phenoxy) is 1. The Bertz CT molecular complexity index is 907. The second kappa shape index (κ2) is 7.28. The Labute approximate surface area is 189 Å². The molecular weight excluding hydrogens is 408 g/mol. The van der Waals surface area contributed by atoms with Crippen LogP contribution in [0.3, 0.4) is 0 Å². The van der Waals surface area contributed by atoms with Gasteiger partial charge >= 0.3 is 5.97 Å². The molecule has 0 saturated heterocycles. The summed E-state index contributed by atoms with van der Waals surface area (Å²) in [6.07, 6.45) is 6.97. The Kier molecular flexibility index (Phi) is 5.02. The highest BCUT2D eigenvalue weighted by atomic mass is 32.1. The zero-order valence-electron chi connectivity index (χ0n) is 18.7. The van der Waals surface area contributed by atoms with Crippen molar-refractivity contribution in [3.63, 3.8) is 0 Å². The molecule has 7 atom stereocenters. The van der Waals surface area contributed by atoms with E-state index in [4.69, 9.17) is 4.74 Å². The highest BCUT2D eigenvalue weighted by molar-refractivity contribution is 7.11. The molecule has 0 aromatic carbocycles. The predicted octanol–water partition coefficient (Wildman–Crippen LogP) is 5.41. The quantitative estimate of drug-likeness (QED) is 0.500. The molecule has 0 aliphatic heterocycles. The Balaban J connectivity index is 1.48. The van der Waals surface area contributed by atoms with E-state index in [0.717, 1.165) is 50.5 Å². The lowest BCUT2D eigenvalue weighted by molar-refractivity contribution is -0.225. The summed E-state index contributed by atoms with van der Waals surface area (Å²) in [5, 5.41) is 13.4. The molecule has 1 N–H and O–H groups in total. The summed E-state index contributed by atoms with van der Waals surface area (Å²) in [7, 11) is 0. The number of aliphatic hydroxyl groups is 1. The van der Waals surface area contributed by atoms with E-state index in [0.29, 0.717) is 17.9 Å². The minimum atomic E-state index is -0.635. The largest absolute Gasteiger partial charge is 0.461 e. The molecule has 1 heterocycles. The summed E-state index contributed by atoms with van der Waals surface area (Å²) in [4.78, 5) is 26.7. The lowest BCUT2D eigenvalue weighted by Gasteiger charge is -2.69. The van der Waals surface area contributed by atoms with Crippen LogP contribution in [-0.2, 0) is 9.53 Å². The van der Waals surface area contributed by atoms with Gasteiger partial charge in [0.25, 0.3) is 0 Å². The predicted molar refractivity (Wildman–Crippen MR) is 121 cm³/mol. The second-order valence-electron chi connectivity index (χ2n) is 10.9. The molecule has 0 radical (unpaired) electrons. The summed E-state index contributed by atoms with van der Waals surface area (Å²) in [6.45, 7) is 9.03. The number of hydrogen-bond acceptors (Lipinski definition) is 5. The van der Waals surface area contributed by atoms with Crippen molar-refractivity contribution in [2.75, 3.05) is 6.61 Å². The SMILES string of the molecule is C=C1C(=O)C23CC[C@H]1CC2[C@]1(CC)CCC[C@@](C)(COC(=O)c2cccs2)C1C[C@H]3O. The molecule has 5 heteroatoms. The fourth-order valence-corrected chi connectivity index (χ4v) is 8.96. The summed E-state index contributed by atoms with van der Waals surface area (Å²) < 4.78 is 5.85. The van der Waals surface area contributed by atoms with Gasteiger partial charge in [-0.15, -0.1) is 11.3 Å². The number of fused-ring (bicyclic) bond motifs is 3. The molecule has 5 aliphatic rings. The smallest absolute Gasteiger partial charge is 0.348 e. The maximum absolute atomic E-state index is 13.5. The third-order valence-corrected chi connectivity index (χ3v) is 10.7. The Morgan fingerprint density at radius 3 is 2.81 bits per heavy atom. The lowest BCUT2D eigenvalue weighted by Crippen LogP contribution is -2.69. The van der Waals surface area contributed by atoms with Gasteiger partial charge in [0.15, 0.2) is 5.78 Å². The number of hydrogen-bond donors (Lipinski definition) is 1. The van der Waals surface area contributed by atoms with E-state index in [1.165, 1.54) is 11.3 Å². The number of Topliss-reactive ketones (excluding diaryl/α,β-unsaturated/α-hetero) is 1. The summed E-state index contributed by atoms with van der Waals surface area (Å²) in [5.74, 6) is 0.637. The molecule has 31 heavy (non-hydrogen) atoms.